The van der Waals surface area contributed by atoms with Crippen molar-refractivity contribution in [2.24, 2.45) is 0 Å². The van der Waals surface area contributed by atoms with Crippen LogP contribution < -0.4 is 0 Å². The van der Waals surface area contributed by atoms with Crippen LogP contribution in [-0.2, 0) is 0 Å². The predicted octanol–water partition coefficient (Wildman–Crippen LogP) is 2.61. The Balaban J connectivity index is 2.46. The molecule has 15 heavy (non-hydrogen) atoms. The van der Waals surface area contributed by atoms with Gasteiger partial charge in [0.1, 0.15) is 17.6 Å². The zero-order valence-corrected chi connectivity index (χ0v) is 9.16. The number of furan rings is 1. The third-order valence-electron chi connectivity index (χ3n) is 2.81. The van der Waals surface area contributed by atoms with Crippen molar-refractivity contribution in [3.8, 4) is 0 Å². The Morgan fingerprint density at radius 2 is 2.00 bits per heavy atom. The second-order valence-corrected chi connectivity index (χ2v) is 3.78. The van der Waals surface area contributed by atoms with E-state index in [9.17, 15) is 5.11 Å². The Kier molecular flexibility index (Phi) is 2.40. The van der Waals surface area contributed by atoms with Gasteiger partial charge in [-0.3, -0.25) is 0 Å². The average molecular weight is 205 g/mol. The largest absolute Gasteiger partial charge is 0.466 e. The summed E-state index contributed by atoms with van der Waals surface area (Å²) in [5, 5.41) is 10.2. The molecule has 2 heterocycles. The van der Waals surface area contributed by atoms with Gasteiger partial charge in [-0.15, -0.1) is 0 Å². The van der Waals surface area contributed by atoms with Crippen molar-refractivity contribution >= 4 is 0 Å². The Hall–Kier alpha value is -1.48. The molecule has 0 aromatic carbocycles. The molecular formula is C12H15NO2. The average Bonchev–Trinajstić information content (AvgIpc) is 2.76. The fourth-order valence-electron chi connectivity index (χ4n) is 1.88. The lowest BCUT2D eigenvalue weighted by Crippen LogP contribution is -2.02. The number of nitrogens with one attached hydrogen (secondary N) is 1. The highest BCUT2D eigenvalue weighted by molar-refractivity contribution is 5.37. The standard InChI is InChI=1S/C12H15NO2/c1-7-8(2)15-9(3)11(7)12(14)10-5-4-6-13-10/h4-6,12-14H,1-3H3. The van der Waals surface area contributed by atoms with Gasteiger partial charge in [0, 0.05) is 17.5 Å². The van der Waals surface area contributed by atoms with E-state index in [0.29, 0.717) is 0 Å². The third-order valence-corrected chi connectivity index (χ3v) is 2.81. The van der Waals surface area contributed by atoms with E-state index in [1.807, 2.05) is 32.9 Å². The van der Waals surface area contributed by atoms with Gasteiger partial charge in [0.2, 0.25) is 0 Å². The van der Waals surface area contributed by atoms with Crippen LogP contribution in [0, 0.1) is 20.8 Å². The summed E-state index contributed by atoms with van der Waals surface area (Å²) in [6.07, 6.45) is 1.17. The molecule has 2 aromatic rings. The van der Waals surface area contributed by atoms with E-state index < -0.39 is 6.10 Å². The van der Waals surface area contributed by atoms with Gasteiger partial charge in [0.25, 0.3) is 0 Å². The zero-order chi connectivity index (χ0) is 11.0. The second-order valence-electron chi connectivity index (χ2n) is 3.78. The molecule has 0 aliphatic rings. The van der Waals surface area contributed by atoms with Crippen molar-refractivity contribution in [1.29, 1.82) is 0 Å². The van der Waals surface area contributed by atoms with Gasteiger partial charge in [-0.1, -0.05) is 0 Å². The molecule has 0 radical (unpaired) electrons. The van der Waals surface area contributed by atoms with Crippen molar-refractivity contribution in [2.45, 2.75) is 26.9 Å². The molecule has 3 heteroatoms. The highest BCUT2D eigenvalue weighted by atomic mass is 16.3. The first-order valence-electron chi connectivity index (χ1n) is 4.99. The SMILES string of the molecule is Cc1oc(C)c(C(O)c2ccc[nH]2)c1C. The van der Waals surface area contributed by atoms with Gasteiger partial charge in [0.15, 0.2) is 0 Å². The first kappa shape index (κ1) is 10.1. The minimum Gasteiger partial charge on any atom is -0.466 e. The van der Waals surface area contributed by atoms with Crippen LogP contribution in [-0.4, -0.2) is 10.1 Å². The quantitative estimate of drug-likeness (QED) is 0.791. The summed E-state index contributed by atoms with van der Waals surface area (Å²) in [4.78, 5) is 3.01. The molecule has 0 saturated heterocycles. The van der Waals surface area contributed by atoms with Crippen LogP contribution in [0.5, 0.6) is 0 Å². The van der Waals surface area contributed by atoms with Gasteiger partial charge in [0.05, 0.1) is 0 Å². The number of aromatic amines is 1. The number of hydrogen-bond donors (Lipinski definition) is 2. The molecule has 0 spiro atoms. The molecule has 3 nitrogen and oxygen atoms in total. The van der Waals surface area contributed by atoms with Gasteiger partial charge >= 0.3 is 0 Å². The summed E-state index contributed by atoms with van der Waals surface area (Å²) in [6.45, 7) is 5.75. The number of aliphatic hydroxyl groups excluding tert-OH is 1. The van der Waals surface area contributed by atoms with E-state index in [2.05, 4.69) is 4.98 Å². The van der Waals surface area contributed by atoms with Crippen molar-refractivity contribution in [2.75, 3.05) is 0 Å². The summed E-state index contributed by atoms with van der Waals surface area (Å²) in [7, 11) is 0. The summed E-state index contributed by atoms with van der Waals surface area (Å²) in [6, 6.07) is 3.74. The van der Waals surface area contributed by atoms with Crippen LogP contribution in [0.15, 0.2) is 22.7 Å². The maximum atomic E-state index is 10.2. The predicted molar refractivity (Wildman–Crippen MR) is 57.8 cm³/mol. The molecule has 0 aliphatic heterocycles. The number of aliphatic hydroxyl groups is 1. The Morgan fingerprint density at radius 1 is 1.27 bits per heavy atom. The zero-order valence-electron chi connectivity index (χ0n) is 9.16. The number of aromatic nitrogens is 1. The molecule has 1 unspecified atom stereocenters. The first-order chi connectivity index (χ1) is 7.11. The lowest BCUT2D eigenvalue weighted by atomic mass is 10.0. The van der Waals surface area contributed by atoms with Crippen molar-refractivity contribution in [1.82, 2.24) is 4.98 Å². The van der Waals surface area contributed by atoms with Crippen LogP contribution in [0.2, 0.25) is 0 Å². The van der Waals surface area contributed by atoms with E-state index in [0.717, 1.165) is 28.3 Å². The monoisotopic (exact) mass is 205 g/mol. The molecule has 80 valence electrons. The maximum absolute atomic E-state index is 10.2. The number of H-pyrrole nitrogens is 1. The van der Waals surface area contributed by atoms with E-state index in [4.69, 9.17) is 4.42 Å². The van der Waals surface area contributed by atoms with Gasteiger partial charge in [-0.05, 0) is 38.5 Å². The normalized spacial score (nSPS) is 13.1. The van der Waals surface area contributed by atoms with Crippen molar-refractivity contribution < 1.29 is 9.52 Å². The molecule has 2 N–H and O–H groups in total. The molecular weight excluding hydrogens is 190 g/mol. The number of hydrogen-bond acceptors (Lipinski definition) is 2. The first-order valence-corrected chi connectivity index (χ1v) is 4.99. The Labute approximate surface area is 88.7 Å². The lowest BCUT2D eigenvalue weighted by Gasteiger charge is -2.09. The highest BCUT2D eigenvalue weighted by Gasteiger charge is 2.20. The minimum atomic E-state index is -0.627. The smallest absolute Gasteiger partial charge is 0.122 e. The fraction of sp³-hybridized carbons (Fsp3) is 0.333. The van der Waals surface area contributed by atoms with Crippen molar-refractivity contribution in [3.63, 3.8) is 0 Å². The fourth-order valence-corrected chi connectivity index (χ4v) is 1.88. The second kappa shape index (κ2) is 3.59. The van der Waals surface area contributed by atoms with Crippen LogP contribution in [0.4, 0.5) is 0 Å². The molecule has 0 amide bonds. The lowest BCUT2D eigenvalue weighted by molar-refractivity contribution is 0.213. The van der Waals surface area contributed by atoms with Crippen molar-refractivity contribution in [3.05, 3.63) is 46.7 Å². The van der Waals surface area contributed by atoms with Gasteiger partial charge < -0.3 is 14.5 Å². The summed E-state index contributed by atoms with van der Waals surface area (Å²) in [5.41, 5.74) is 2.69. The summed E-state index contributed by atoms with van der Waals surface area (Å²) < 4.78 is 5.49. The Morgan fingerprint density at radius 3 is 2.47 bits per heavy atom. The number of aryl methyl sites for hydroxylation is 2. The molecule has 2 rings (SSSR count). The third kappa shape index (κ3) is 1.59. The maximum Gasteiger partial charge on any atom is 0.122 e. The van der Waals surface area contributed by atoms with Gasteiger partial charge in [-0.2, -0.15) is 0 Å². The van der Waals surface area contributed by atoms with E-state index in [1.54, 1.807) is 6.20 Å². The molecule has 0 bridgehead atoms. The van der Waals surface area contributed by atoms with E-state index in [-0.39, 0.29) is 0 Å². The summed E-state index contributed by atoms with van der Waals surface area (Å²) in [5.74, 6) is 1.65. The molecule has 0 aliphatic carbocycles. The Bertz CT molecular complexity index is 454. The van der Waals surface area contributed by atoms with Gasteiger partial charge in [-0.25, -0.2) is 0 Å². The highest BCUT2D eigenvalue weighted by Crippen LogP contribution is 2.30. The topological polar surface area (TPSA) is 49.2 Å². The number of rotatable bonds is 2. The van der Waals surface area contributed by atoms with Crippen LogP contribution >= 0.6 is 0 Å². The molecule has 0 saturated carbocycles. The summed E-state index contributed by atoms with van der Waals surface area (Å²) >= 11 is 0. The minimum absolute atomic E-state index is 0.627. The molecule has 0 fully saturated rings. The van der Waals surface area contributed by atoms with Crippen LogP contribution in [0.1, 0.15) is 34.4 Å². The van der Waals surface area contributed by atoms with E-state index in [1.165, 1.54) is 0 Å². The molecule has 2 aromatic heterocycles. The van der Waals surface area contributed by atoms with E-state index >= 15 is 0 Å². The van der Waals surface area contributed by atoms with Crippen LogP contribution in [0.25, 0.3) is 0 Å². The molecule has 1 atom stereocenters. The van der Waals surface area contributed by atoms with Crippen LogP contribution in [0.3, 0.4) is 0 Å².